The quantitative estimate of drug-likeness (QED) is 0.880. The standard InChI is InChI=1S/C15H20N2O/c1-12-14(11-17-9-4-7-16-8-10-17)13-5-2-3-6-15(13)18-12/h2-3,5-6,16H,4,7-11H2,1H3. The first-order valence-corrected chi connectivity index (χ1v) is 6.74. The fourth-order valence-corrected chi connectivity index (χ4v) is 2.70. The summed E-state index contributed by atoms with van der Waals surface area (Å²) in [7, 11) is 0. The van der Waals surface area contributed by atoms with Crippen LogP contribution >= 0.6 is 0 Å². The van der Waals surface area contributed by atoms with Crippen molar-refractivity contribution in [1.29, 1.82) is 0 Å². The van der Waals surface area contributed by atoms with Crippen LogP contribution < -0.4 is 5.32 Å². The Hall–Kier alpha value is -1.32. The number of nitrogens with one attached hydrogen (secondary N) is 1. The zero-order valence-electron chi connectivity index (χ0n) is 10.9. The van der Waals surface area contributed by atoms with Gasteiger partial charge in [0, 0.05) is 30.6 Å². The van der Waals surface area contributed by atoms with Crippen LogP contribution in [-0.4, -0.2) is 31.1 Å². The molecular weight excluding hydrogens is 224 g/mol. The van der Waals surface area contributed by atoms with Crippen molar-refractivity contribution < 1.29 is 4.42 Å². The highest BCUT2D eigenvalue weighted by molar-refractivity contribution is 5.82. The summed E-state index contributed by atoms with van der Waals surface area (Å²) in [5.41, 5.74) is 2.37. The van der Waals surface area contributed by atoms with E-state index in [1.165, 1.54) is 23.9 Å². The van der Waals surface area contributed by atoms with E-state index in [2.05, 4.69) is 35.3 Å². The molecule has 3 rings (SSSR count). The van der Waals surface area contributed by atoms with Crippen LogP contribution in [0.15, 0.2) is 28.7 Å². The molecule has 3 nitrogen and oxygen atoms in total. The van der Waals surface area contributed by atoms with Gasteiger partial charge in [0.05, 0.1) is 0 Å². The zero-order valence-corrected chi connectivity index (χ0v) is 10.9. The molecule has 0 aliphatic carbocycles. The van der Waals surface area contributed by atoms with Crippen LogP contribution in [0, 0.1) is 6.92 Å². The van der Waals surface area contributed by atoms with Crippen LogP contribution in [0.25, 0.3) is 11.0 Å². The summed E-state index contributed by atoms with van der Waals surface area (Å²) in [6.07, 6.45) is 1.23. The van der Waals surface area contributed by atoms with Crippen LogP contribution in [0.3, 0.4) is 0 Å². The molecule has 0 saturated carbocycles. The number of hydrogen-bond acceptors (Lipinski definition) is 3. The third-order valence-electron chi connectivity index (χ3n) is 3.71. The highest BCUT2D eigenvalue weighted by atomic mass is 16.3. The Bertz CT molecular complexity index is 524. The molecule has 3 heteroatoms. The molecule has 1 saturated heterocycles. The zero-order chi connectivity index (χ0) is 12.4. The fourth-order valence-electron chi connectivity index (χ4n) is 2.70. The molecule has 2 aromatic rings. The molecule has 18 heavy (non-hydrogen) atoms. The number of fused-ring (bicyclic) bond motifs is 1. The van der Waals surface area contributed by atoms with Crippen molar-refractivity contribution in [2.75, 3.05) is 26.2 Å². The van der Waals surface area contributed by atoms with E-state index in [0.29, 0.717) is 0 Å². The third kappa shape index (κ3) is 2.28. The summed E-state index contributed by atoms with van der Waals surface area (Å²) in [5.74, 6) is 1.06. The lowest BCUT2D eigenvalue weighted by atomic mass is 10.1. The molecule has 0 amide bonds. The van der Waals surface area contributed by atoms with Gasteiger partial charge in [-0.3, -0.25) is 4.90 Å². The topological polar surface area (TPSA) is 28.4 Å². The highest BCUT2D eigenvalue weighted by Gasteiger charge is 2.15. The Kier molecular flexibility index (Phi) is 3.35. The molecule has 0 unspecified atom stereocenters. The molecule has 1 fully saturated rings. The average molecular weight is 244 g/mol. The molecule has 1 aromatic heterocycles. The van der Waals surface area contributed by atoms with E-state index in [1.807, 2.05) is 6.07 Å². The second kappa shape index (κ2) is 5.12. The van der Waals surface area contributed by atoms with E-state index in [9.17, 15) is 0 Å². The van der Waals surface area contributed by atoms with Crippen molar-refractivity contribution in [1.82, 2.24) is 10.2 Å². The van der Waals surface area contributed by atoms with Crippen LogP contribution in [0.5, 0.6) is 0 Å². The number of para-hydroxylation sites is 1. The van der Waals surface area contributed by atoms with Gasteiger partial charge in [-0.1, -0.05) is 18.2 Å². The Morgan fingerprint density at radius 3 is 3.06 bits per heavy atom. The van der Waals surface area contributed by atoms with Gasteiger partial charge >= 0.3 is 0 Å². The molecule has 1 aromatic carbocycles. The summed E-state index contributed by atoms with van der Waals surface area (Å²) in [6.45, 7) is 7.61. The molecule has 0 bridgehead atoms. The van der Waals surface area contributed by atoms with E-state index >= 15 is 0 Å². The van der Waals surface area contributed by atoms with Crippen LogP contribution in [0.2, 0.25) is 0 Å². The van der Waals surface area contributed by atoms with Crippen LogP contribution in [0.1, 0.15) is 17.7 Å². The van der Waals surface area contributed by atoms with E-state index in [0.717, 1.165) is 37.5 Å². The van der Waals surface area contributed by atoms with Gasteiger partial charge in [-0.2, -0.15) is 0 Å². The van der Waals surface area contributed by atoms with E-state index < -0.39 is 0 Å². The van der Waals surface area contributed by atoms with Gasteiger partial charge in [0.25, 0.3) is 0 Å². The average Bonchev–Trinajstić information content (AvgIpc) is 2.57. The molecule has 0 radical (unpaired) electrons. The number of hydrogen-bond donors (Lipinski definition) is 1. The van der Waals surface area contributed by atoms with Gasteiger partial charge in [0.1, 0.15) is 11.3 Å². The summed E-state index contributed by atoms with van der Waals surface area (Å²) < 4.78 is 5.83. The fraction of sp³-hybridized carbons (Fsp3) is 0.467. The minimum absolute atomic E-state index is 1.00. The second-order valence-corrected chi connectivity index (χ2v) is 5.01. The lowest BCUT2D eigenvalue weighted by Gasteiger charge is -2.19. The van der Waals surface area contributed by atoms with Crippen molar-refractivity contribution in [3.05, 3.63) is 35.6 Å². The molecule has 1 aliphatic rings. The lowest BCUT2D eigenvalue weighted by molar-refractivity contribution is 0.283. The maximum Gasteiger partial charge on any atom is 0.134 e. The molecule has 1 N–H and O–H groups in total. The predicted molar refractivity (Wildman–Crippen MR) is 73.7 cm³/mol. The van der Waals surface area contributed by atoms with Crippen LogP contribution in [-0.2, 0) is 6.54 Å². The molecule has 0 atom stereocenters. The van der Waals surface area contributed by atoms with E-state index in [1.54, 1.807) is 0 Å². The Labute approximate surface area is 108 Å². The lowest BCUT2D eigenvalue weighted by Crippen LogP contribution is -2.27. The monoisotopic (exact) mass is 244 g/mol. The third-order valence-corrected chi connectivity index (χ3v) is 3.71. The summed E-state index contributed by atoms with van der Waals surface area (Å²) >= 11 is 0. The highest BCUT2D eigenvalue weighted by Crippen LogP contribution is 2.26. The molecule has 2 heterocycles. The van der Waals surface area contributed by atoms with Gasteiger partial charge in [-0.05, 0) is 32.5 Å². The number of furan rings is 1. The van der Waals surface area contributed by atoms with Crippen molar-refractivity contribution in [3.63, 3.8) is 0 Å². The molecule has 1 aliphatic heterocycles. The smallest absolute Gasteiger partial charge is 0.134 e. The first-order valence-electron chi connectivity index (χ1n) is 6.74. The molecule has 0 spiro atoms. The number of nitrogens with zero attached hydrogens (tertiary/aromatic N) is 1. The second-order valence-electron chi connectivity index (χ2n) is 5.01. The molecule has 96 valence electrons. The summed E-state index contributed by atoms with van der Waals surface area (Å²) in [6, 6.07) is 8.34. The number of benzene rings is 1. The van der Waals surface area contributed by atoms with Crippen molar-refractivity contribution >= 4 is 11.0 Å². The minimum atomic E-state index is 1.00. The van der Waals surface area contributed by atoms with Gasteiger partial charge in [-0.15, -0.1) is 0 Å². The predicted octanol–water partition coefficient (Wildman–Crippen LogP) is 2.54. The minimum Gasteiger partial charge on any atom is -0.461 e. The Balaban J connectivity index is 1.87. The maximum atomic E-state index is 5.83. The van der Waals surface area contributed by atoms with Crippen molar-refractivity contribution in [2.24, 2.45) is 0 Å². The van der Waals surface area contributed by atoms with Gasteiger partial charge in [0.2, 0.25) is 0 Å². The Morgan fingerprint density at radius 2 is 2.11 bits per heavy atom. The SMILES string of the molecule is Cc1oc2ccccc2c1CN1CCCNCC1. The summed E-state index contributed by atoms with van der Waals surface area (Å²) in [5, 5.41) is 4.71. The molecular formula is C15H20N2O. The van der Waals surface area contributed by atoms with Gasteiger partial charge in [0.15, 0.2) is 0 Å². The van der Waals surface area contributed by atoms with Crippen molar-refractivity contribution in [3.8, 4) is 0 Å². The first-order chi connectivity index (χ1) is 8.84. The van der Waals surface area contributed by atoms with E-state index in [4.69, 9.17) is 4.42 Å². The number of aryl methyl sites for hydroxylation is 1. The van der Waals surface area contributed by atoms with Gasteiger partial charge < -0.3 is 9.73 Å². The number of rotatable bonds is 2. The van der Waals surface area contributed by atoms with Crippen LogP contribution in [0.4, 0.5) is 0 Å². The largest absolute Gasteiger partial charge is 0.461 e. The first kappa shape index (κ1) is 11.8. The maximum absolute atomic E-state index is 5.83. The van der Waals surface area contributed by atoms with Crippen molar-refractivity contribution in [2.45, 2.75) is 19.9 Å². The summed E-state index contributed by atoms with van der Waals surface area (Å²) in [4.78, 5) is 2.52. The Morgan fingerprint density at radius 1 is 1.22 bits per heavy atom. The van der Waals surface area contributed by atoms with E-state index in [-0.39, 0.29) is 0 Å². The normalized spacial score (nSPS) is 18.1. The van der Waals surface area contributed by atoms with Gasteiger partial charge in [-0.25, -0.2) is 0 Å².